The molecular formula is C15H26N2O. The van der Waals surface area contributed by atoms with Crippen LogP contribution in [0.2, 0.25) is 0 Å². The van der Waals surface area contributed by atoms with Crippen LogP contribution in [0.5, 0.6) is 5.75 Å². The maximum atomic E-state index is 5.14. The lowest BCUT2D eigenvalue weighted by Gasteiger charge is -2.06. The average Bonchev–Trinajstić information content (AvgIpc) is 2.42. The fourth-order valence-electron chi connectivity index (χ4n) is 1.79. The van der Waals surface area contributed by atoms with E-state index < -0.39 is 0 Å². The Hall–Kier alpha value is -1.06. The molecule has 0 amide bonds. The number of rotatable bonds is 10. The molecule has 2 N–H and O–H groups in total. The molecule has 0 heterocycles. The number of methoxy groups -OCH3 is 1. The van der Waals surface area contributed by atoms with Gasteiger partial charge in [0, 0.05) is 0 Å². The summed E-state index contributed by atoms with van der Waals surface area (Å²) in [6.07, 6.45) is 3.49. The second-order valence-corrected chi connectivity index (χ2v) is 4.45. The van der Waals surface area contributed by atoms with Crippen LogP contribution in [-0.2, 0) is 6.42 Å². The summed E-state index contributed by atoms with van der Waals surface area (Å²) >= 11 is 0. The Balaban J connectivity index is 2.00. The molecule has 0 aliphatic heterocycles. The van der Waals surface area contributed by atoms with Crippen molar-refractivity contribution < 1.29 is 4.74 Å². The number of ether oxygens (including phenoxy) is 1. The van der Waals surface area contributed by atoms with Gasteiger partial charge >= 0.3 is 0 Å². The molecule has 3 heteroatoms. The fraction of sp³-hybridized carbons (Fsp3) is 0.600. The maximum absolute atomic E-state index is 5.14. The highest BCUT2D eigenvalue weighted by Crippen LogP contribution is 2.11. The van der Waals surface area contributed by atoms with Crippen molar-refractivity contribution in [2.75, 3.05) is 33.3 Å². The van der Waals surface area contributed by atoms with E-state index in [1.807, 2.05) is 12.1 Å². The van der Waals surface area contributed by atoms with E-state index in [0.717, 1.165) is 38.3 Å². The van der Waals surface area contributed by atoms with Gasteiger partial charge in [-0.3, -0.25) is 0 Å². The molecule has 1 aromatic rings. The van der Waals surface area contributed by atoms with Crippen LogP contribution >= 0.6 is 0 Å². The van der Waals surface area contributed by atoms with Crippen molar-refractivity contribution in [3.63, 3.8) is 0 Å². The molecule has 0 saturated carbocycles. The van der Waals surface area contributed by atoms with Crippen LogP contribution in [0.1, 0.15) is 25.3 Å². The van der Waals surface area contributed by atoms with E-state index in [1.165, 1.54) is 18.4 Å². The minimum atomic E-state index is 0.925. The predicted octanol–water partition coefficient (Wildman–Crippen LogP) is 2.22. The third-order valence-electron chi connectivity index (χ3n) is 2.88. The molecular weight excluding hydrogens is 224 g/mol. The molecule has 0 fully saturated rings. The lowest BCUT2D eigenvalue weighted by Crippen LogP contribution is -2.23. The van der Waals surface area contributed by atoms with Crippen molar-refractivity contribution in [3.05, 3.63) is 29.8 Å². The first kappa shape index (κ1) is 15.0. The Bertz CT molecular complexity index is 298. The molecule has 0 aliphatic rings. The van der Waals surface area contributed by atoms with Gasteiger partial charge < -0.3 is 15.4 Å². The minimum Gasteiger partial charge on any atom is -0.497 e. The summed E-state index contributed by atoms with van der Waals surface area (Å²) in [4.78, 5) is 0. The van der Waals surface area contributed by atoms with Gasteiger partial charge in [-0.25, -0.2) is 0 Å². The number of hydrogen-bond acceptors (Lipinski definition) is 3. The smallest absolute Gasteiger partial charge is 0.118 e. The van der Waals surface area contributed by atoms with Crippen molar-refractivity contribution in [1.29, 1.82) is 0 Å². The molecule has 0 saturated heterocycles. The molecule has 0 atom stereocenters. The van der Waals surface area contributed by atoms with Gasteiger partial charge in [0.1, 0.15) is 5.75 Å². The maximum Gasteiger partial charge on any atom is 0.118 e. The van der Waals surface area contributed by atoms with Crippen molar-refractivity contribution in [2.24, 2.45) is 0 Å². The summed E-state index contributed by atoms with van der Waals surface area (Å²) in [5.41, 5.74) is 1.35. The Morgan fingerprint density at radius 2 is 1.61 bits per heavy atom. The second kappa shape index (κ2) is 9.92. The van der Waals surface area contributed by atoms with Crippen molar-refractivity contribution in [2.45, 2.75) is 26.2 Å². The summed E-state index contributed by atoms with van der Waals surface area (Å²) in [7, 11) is 1.70. The summed E-state index contributed by atoms with van der Waals surface area (Å²) in [6, 6.07) is 8.29. The Kier molecular flexibility index (Phi) is 8.26. The standard InChI is InChI=1S/C15H26N2O/c1-3-10-16-11-4-12-17-13-9-14-5-7-15(18-2)8-6-14/h5-8,16-17H,3-4,9-13H2,1-2H3. The molecule has 102 valence electrons. The van der Waals surface area contributed by atoms with E-state index in [1.54, 1.807) is 7.11 Å². The first-order valence-corrected chi connectivity index (χ1v) is 6.91. The highest BCUT2D eigenvalue weighted by molar-refractivity contribution is 5.27. The van der Waals surface area contributed by atoms with Crippen molar-refractivity contribution >= 4 is 0 Å². The number of hydrogen-bond donors (Lipinski definition) is 2. The summed E-state index contributed by atoms with van der Waals surface area (Å²) in [5.74, 6) is 0.925. The Morgan fingerprint density at radius 3 is 2.22 bits per heavy atom. The third kappa shape index (κ3) is 6.62. The lowest BCUT2D eigenvalue weighted by atomic mass is 10.1. The van der Waals surface area contributed by atoms with Crippen LogP contribution in [-0.4, -0.2) is 33.3 Å². The molecule has 0 unspecified atom stereocenters. The van der Waals surface area contributed by atoms with Crippen molar-refractivity contribution in [3.8, 4) is 5.75 Å². The summed E-state index contributed by atoms with van der Waals surface area (Å²) < 4.78 is 5.14. The molecule has 1 aromatic carbocycles. The number of benzene rings is 1. The molecule has 0 radical (unpaired) electrons. The van der Waals surface area contributed by atoms with Crippen LogP contribution in [0, 0.1) is 0 Å². The predicted molar refractivity (Wildman–Crippen MR) is 77.3 cm³/mol. The zero-order valence-electron chi connectivity index (χ0n) is 11.7. The summed E-state index contributed by atoms with van der Waals surface area (Å²) in [6.45, 7) is 6.57. The molecule has 18 heavy (non-hydrogen) atoms. The second-order valence-electron chi connectivity index (χ2n) is 4.45. The zero-order chi connectivity index (χ0) is 13.1. The molecule has 0 bridgehead atoms. The van der Waals surface area contributed by atoms with Gasteiger partial charge in [0.05, 0.1) is 7.11 Å². The van der Waals surface area contributed by atoms with E-state index in [4.69, 9.17) is 4.74 Å². The number of nitrogens with one attached hydrogen (secondary N) is 2. The quantitative estimate of drug-likeness (QED) is 0.625. The first-order valence-electron chi connectivity index (χ1n) is 6.91. The normalized spacial score (nSPS) is 10.6. The minimum absolute atomic E-state index is 0.925. The van der Waals surface area contributed by atoms with Crippen LogP contribution in [0.25, 0.3) is 0 Å². The fourth-order valence-corrected chi connectivity index (χ4v) is 1.79. The van der Waals surface area contributed by atoms with Crippen LogP contribution in [0.4, 0.5) is 0 Å². The first-order chi connectivity index (χ1) is 8.86. The molecule has 1 rings (SSSR count). The molecule has 0 aliphatic carbocycles. The Morgan fingerprint density at radius 1 is 0.944 bits per heavy atom. The monoisotopic (exact) mass is 250 g/mol. The van der Waals surface area contributed by atoms with E-state index in [0.29, 0.717) is 0 Å². The van der Waals surface area contributed by atoms with Gasteiger partial charge in [-0.15, -0.1) is 0 Å². The van der Waals surface area contributed by atoms with E-state index in [-0.39, 0.29) is 0 Å². The van der Waals surface area contributed by atoms with Gasteiger partial charge in [0.25, 0.3) is 0 Å². The summed E-state index contributed by atoms with van der Waals surface area (Å²) in [5, 5.41) is 6.87. The van der Waals surface area contributed by atoms with E-state index in [9.17, 15) is 0 Å². The van der Waals surface area contributed by atoms with Crippen LogP contribution in [0.15, 0.2) is 24.3 Å². The van der Waals surface area contributed by atoms with Crippen molar-refractivity contribution in [1.82, 2.24) is 10.6 Å². The van der Waals surface area contributed by atoms with E-state index in [2.05, 4.69) is 29.7 Å². The van der Waals surface area contributed by atoms with Gasteiger partial charge in [0.15, 0.2) is 0 Å². The molecule has 0 aromatic heterocycles. The van der Waals surface area contributed by atoms with Gasteiger partial charge in [-0.05, 0) is 63.1 Å². The van der Waals surface area contributed by atoms with Crippen LogP contribution in [0.3, 0.4) is 0 Å². The largest absolute Gasteiger partial charge is 0.497 e. The average molecular weight is 250 g/mol. The lowest BCUT2D eigenvalue weighted by molar-refractivity contribution is 0.414. The topological polar surface area (TPSA) is 33.3 Å². The van der Waals surface area contributed by atoms with Gasteiger partial charge in [-0.1, -0.05) is 19.1 Å². The van der Waals surface area contributed by atoms with Crippen LogP contribution < -0.4 is 15.4 Å². The molecule has 0 spiro atoms. The third-order valence-corrected chi connectivity index (χ3v) is 2.88. The van der Waals surface area contributed by atoms with E-state index >= 15 is 0 Å². The molecule has 3 nitrogen and oxygen atoms in total. The van der Waals surface area contributed by atoms with Gasteiger partial charge in [-0.2, -0.15) is 0 Å². The Labute approximate surface area is 111 Å². The SMILES string of the molecule is CCCNCCCNCCc1ccc(OC)cc1. The zero-order valence-corrected chi connectivity index (χ0v) is 11.7. The van der Waals surface area contributed by atoms with Gasteiger partial charge in [0.2, 0.25) is 0 Å². The highest BCUT2D eigenvalue weighted by atomic mass is 16.5. The highest BCUT2D eigenvalue weighted by Gasteiger charge is 1.94.